The van der Waals surface area contributed by atoms with E-state index in [4.69, 9.17) is 0 Å². The second kappa shape index (κ2) is 8.93. The number of pyridine rings is 1. The third-order valence-electron chi connectivity index (χ3n) is 4.86. The van der Waals surface area contributed by atoms with Crippen molar-refractivity contribution in [2.45, 2.75) is 18.4 Å². The quantitative estimate of drug-likeness (QED) is 0.429. The van der Waals surface area contributed by atoms with Gasteiger partial charge >= 0.3 is 0 Å². The van der Waals surface area contributed by atoms with Crippen LogP contribution in [0.4, 0.5) is 0 Å². The number of hydrogen-bond donors (Lipinski definition) is 1. The molecule has 1 N–H and O–H groups in total. The molecule has 4 rings (SSSR count). The fourth-order valence-corrected chi connectivity index (χ4v) is 4.05. The molecule has 0 fully saturated rings. The van der Waals surface area contributed by atoms with E-state index in [0.717, 1.165) is 21.2 Å². The molecule has 0 atom stereocenters. The van der Waals surface area contributed by atoms with E-state index in [0.29, 0.717) is 12.3 Å². The largest absolute Gasteiger partial charge is 0.351 e. The number of nitrogens with one attached hydrogen (secondary N) is 1. The first-order valence-corrected chi connectivity index (χ1v) is 10.6. The van der Waals surface area contributed by atoms with Crippen LogP contribution in [0.1, 0.15) is 11.1 Å². The Morgan fingerprint density at radius 2 is 1.72 bits per heavy atom. The van der Waals surface area contributed by atoms with Gasteiger partial charge < -0.3 is 5.32 Å². The Morgan fingerprint density at radius 1 is 0.931 bits per heavy atom. The number of rotatable bonds is 6. The van der Waals surface area contributed by atoms with Gasteiger partial charge in [-0.25, -0.2) is 0 Å². The fourth-order valence-electron chi connectivity index (χ4n) is 3.30. The highest BCUT2D eigenvalue weighted by Gasteiger charge is 2.09. The van der Waals surface area contributed by atoms with E-state index in [1.54, 1.807) is 11.8 Å². The number of carbonyl (C=O) groups is 1. The van der Waals surface area contributed by atoms with Crippen molar-refractivity contribution in [3.05, 3.63) is 96.3 Å². The molecule has 4 heteroatoms. The lowest BCUT2D eigenvalue weighted by Crippen LogP contribution is -2.24. The van der Waals surface area contributed by atoms with Crippen LogP contribution in [0.25, 0.3) is 21.9 Å². The maximum absolute atomic E-state index is 12.3. The zero-order chi connectivity index (χ0) is 20.1. The topological polar surface area (TPSA) is 42.0 Å². The fraction of sp³-hybridized carbons (Fsp3) is 0.120. The van der Waals surface area contributed by atoms with Gasteiger partial charge in [-0.2, -0.15) is 0 Å². The molecule has 3 aromatic carbocycles. The van der Waals surface area contributed by atoms with Crippen molar-refractivity contribution in [2.75, 3.05) is 5.75 Å². The summed E-state index contributed by atoms with van der Waals surface area (Å²) in [5, 5.41) is 5.26. The molecule has 0 unspecified atom stereocenters. The summed E-state index contributed by atoms with van der Waals surface area (Å²) in [6.07, 6.45) is 3.70. The van der Waals surface area contributed by atoms with Crippen molar-refractivity contribution in [1.82, 2.24) is 10.3 Å². The summed E-state index contributed by atoms with van der Waals surface area (Å²) in [6.45, 7) is 2.58. The molecule has 0 aliphatic carbocycles. The lowest BCUT2D eigenvalue weighted by molar-refractivity contribution is -0.118. The van der Waals surface area contributed by atoms with Crippen LogP contribution in [0.2, 0.25) is 0 Å². The van der Waals surface area contributed by atoms with Crippen molar-refractivity contribution in [3.63, 3.8) is 0 Å². The average Bonchev–Trinajstić information content (AvgIpc) is 2.77. The maximum atomic E-state index is 12.3. The molecule has 0 radical (unpaired) electrons. The Labute approximate surface area is 175 Å². The molecule has 1 aromatic heterocycles. The van der Waals surface area contributed by atoms with Crippen LogP contribution in [-0.2, 0) is 11.3 Å². The second-order valence-corrected chi connectivity index (χ2v) is 7.99. The van der Waals surface area contributed by atoms with Crippen molar-refractivity contribution < 1.29 is 4.79 Å². The summed E-state index contributed by atoms with van der Waals surface area (Å²) in [6, 6.07) is 24.8. The normalized spacial score (nSPS) is 10.8. The molecule has 3 nitrogen and oxygen atoms in total. The number of amides is 1. The van der Waals surface area contributed by atoms with Gasteiger partial charge in [0, 0.05) is 29.2 Å². The standard InChI is InChI=1S/C25H22N2OS/c1-18-7-9-19(10-8-18)22-12-11-20(24-16-26-14-13-23(22)24)15-27-25(28)17-29-21-5-3-2-4-6-21/h2-14,16H,15,17H2,1H3,(H,27,28). The molecule has 1 amide bonds. The van der Waals surface area contributed by atoms with E-state index in [2.05, 4.69) is 53.6 Å². The predicted octanol–water partition coefficient (Wildman–Crippen LogP) is 5.62. The highest BCUT2D eigenvalue weighted by atomic mass is 32.2. The summed E-state index contributed by atoms with van der Waals surface area (Å²) < 4.78 is 0. The summed E-state index contributed by atoms with van der Waals surface area (Å²) in [7, 11) is 0. The van der Waals surface area contributed by atoms with Gasteiger partial charge in [0.25, 0.3) is 0 Å². The van der Waals surface area contributed by atoms with Gasteiger partial charge in [-0.1, -0.05) is 60.2 Å². The molecule has 0 aliphatic rings. The van der Waals surface area contributed by atoms with E-state index >= 15 is 0 Å². The molecular weight excluding hydrogens is 376 g/mol. The minimum atomic E-state index is 0.0264. The Kier molecular flexibility index (Phi) is 5.92. The van der Waals surface area contributed by atoms with E-state index in [1.165, 1.54) is 16.7 Å². The highest BCUT2D eigenvalue weighted by molar-refractivity contribution is 8.00. The highest BCUT2D eigenvalue weighted by Crippen LogP contribution is 2.30. The van der Waals surface area contributed by atoms with Crippen LogP contribution in [0, 0.1) is 6.92 Å². The maximum Gasteiger partial charge on any atom is 0.230 e. The van der Waals surface area contributed by atoms with Gasteiger partial charge in [-0.3, -0.25) is 9.78 Å². The number of aryl methyl sites for hydroxylation is 1. The molecule has 1 heterocycles. The van der Waals surface area contributed by atoms with Crippen LogP contribution in [-0.4, -0.2) is 16.6 Å². The lowest BCUT2D eigenvalue weighted by Gasteiger charge is -2.12. The van der Waals surface area contributed by atoms with E-state index < -0.39 is 0 Å². The summed E-state index contributed by atoms with van der Waals surface area (Å²) in [4.78, 5) is 17.7. The van der Waals surface area contributed by atoms with Gasteiger partial charge in [0.15, 0.2) is 0 Å². The number of nitrogens with zero attached hydrogens (tertiary/aromatic N) is 1. The van der Waals surface area contributed by atoms with Gasteiger partial charge in [0.1, 0.15) is 0 Å². The minimum Gasteiger partial charge on any atom is -0.351 e. The second-order valence-electron chi connectivity index (χ2n) is 6.94. The number of benzene rings is 3. The zero-order valence-electron chi connectivity index (χ0n) is 16.3. The van der Waals surface area contributed by atoms with Crippen molar-refractivity contribution in [2.24, 2.45) is 0 Å². The SMILES string of the molecule is Cc1ccc(-c2ccc(CNC(=O)CSc3ccccc3)c3cnccc23)cc1. The molecule has 4 aromatic rings. The number of hydrogen-bond acceptors (Lipinski definition) is 3. The van der Waals surface area contributed by atoms with Gasteiger partial charge in [-0.15, -0.1) is 11.8 Å². The van der Waals surface area contributed by atoms with Crippen molar-refractivity contribution in [1.29, 1.82) is 0 Å². The van der Waals surface area contributed by atoms with Crippen LogP contribution in [0.5, 0.6) is 0 Å². The average molecular weight is 399 g/mol. The molecule has 144 valence electrons. The molecule has 29 heavy (non-hydrogen) atoms. The van der Waals surface area contributed by atoms with Gasteiger partial charge in [0.2, 0.25) is 5.91 Å². The minimum absolute atomic E-state index is 0.0264. The predicted molar refractivity (Wildman–Crippen MR) is 121 cm³/mol. The van der Waals surface area contributed by atoms with Crippen LogP contribution >= 0.6 is 11.8 Å². The first kappa shape index (κ1) is 19.2. The summed E-state index contributed by atoms with van der Waals surface area (Å²) >= 11 is 1.54. The third-order valence-corrected chi connectivity index (χ3v) is 5.87. The molecule has 0 aliphatic heterocycles. The monoisotopic (exact) mass is 398 g/mol. The van der Waals surface area contributed by atoms with Gasteiger partial charge in [-0.05, 0) is 47.2 Å². The van der Waals surface area contributed by atoms with Crippen LogP contribution in [0.15, 0.2) is 90.1 Å². The Morgan fingerprint density at radius 3 is 2.52 bits per heavy atom. The van der Waals surface area contributed by atoms with Crippen LogP contribution < -0.4 is 5.32 Å². The molecule has 0 saturated carbocycles. The lowest BCUT2D eigenvalue weighted by atomic mass is 9.96. The van der Waals surface area contributed by atoms with Crippen molar-refractivity contribution >= 4 is 28.4 Å². The summed E-state index contributed by atoms with van der Waals surface area (Å²) in [5.41, 5.74) is 4.67. The number of thioether (sulfide) groups is 1. The number of carbonyl (C=O) groups excluding carboxylic acids is 1. The Bertz CT molecular complexity index is 1120. The van der Waals surface area contributed by atoms with Gasteiger partial charge in [0.05, 0.1) is 5.75 Å². The smallest absolute Gasteiger partial charge is 0.230 e. The van der Waals surface area contributed by atoms with Crippen LogP contribution in [0.3, 0.4) is 0 Å². The first-order valence-electron chi connectivity index (χ1n) is 9.58. The first-order chi connectivity index (χ1) is 14.2. The molecular formula is C25H22N2OS. The Hall–Kier alpha value is -3.11. The molecule has 0 bridgehead atoms. The van der Waals surface area contributed by atoms with E-state index in [9.17, 15) is 4.79 Å². The summed E-state index contributed by atoms with van der Waals surface area (Å²) in [5.74, 6) is 0.431. The molecule has 0 saturated heterocycles. The number of aromatic nitrogens is 1. The van der Waals surface area contributed by atoms with E-state index in [1.807, 2.05) is 48.8 Å². The zero-order valence-corrected chi connectivity index (χ0v) is 17.1. The van der Waals surface area contributed by atoms with Crippen molar-refractivity contribution in [3.8, 4) is 11.1 Å². The number of fused-ring (bicyclic) bond motifs is 1. The third kappa shape index (κ3) is 4.66. The Balaban J connectivity index is 1.50. The van der Waals surface area contributed by atoms with E-state index in [-0.39, 0.29) is 5.91 Å². The molecule has 0 spiro atoms.